The Morgan fingerprint density at radius 3 is 2.62 bits per heavy atom. The van der Waals surface area contributed by atoms with E-state index in [0.29, 0.717) is 0 Å². The highest BCUT2D eigenvalue weighted by Gasteiger charge is 2.22. The highest BCUT2D eigenvalue weighted by molar-refractivity contribution is 5.82. The van der Waals surface area contributed by atoms with Gasteiger partial charge in [0.25, 0.3) is 0 Å². The van der Waals surface area contributed by atoms with Gasteiger partial charge in [-0.25, -0.2) is 0 Å². The minimum absolute atomic E-state index is 0.0972. The maximum absolute atomic E-state index is 10.6. The molecule has 46 valence electrons. The van der Waals surface area contributed by atoms with E-state index in [9.17, 15) is 4.79 Å². The van der Waals surface area contributed by atoms with E-state index in [2.05, 4.69) is 10.6 Å². The lowest BCUT2D eigenvalue weighted by molar-refractivity contribution is -0.124. The Labute approximate surface area is 48.5 Å². The Kier molecular flexibility index (Phi) is 1.48. The third-order valence-corrected chi connectivity index (χ3v) is 1.39. The van der Waals surface area contributed by atoms with Gasteiger partial charge >= 0.3 is 0 Å². The SMILES string of the molecule is CNC(=O)[C@@H]1CCN1. The molecule has 1 fully saturated rings. The fraction of sp³-hybridized carbons (Fsp3) is 0.800. The lowest BCUT2D eigenvalue weighted by Gasteiger charge is -2.25. The van der Waals surface area contributed by atoms with Gasteiger partial charge in [0.15, 0.2) is 0 Å². The number of carbonyl (C=O) groups is 1. The molecular formula is C5H10N2O. The van der Waals surface area contributed by atoms with E-state index in [-0.39, 0.29) is 11.9 Å². The summed E-state index contributed by atoms with van der Waals surface area (Å²) in [5.74, 6) is 0.108. The van der Waals surface area contributed by atoms with E-state index < -0.39 is 0 Å². The molecule has 8 heavy (non-hydrogen) atoms. The molecule has 1 aliphatic rings. The molecule has 1 amide bonds. The normalized spacial score (nSPS) is 26.4. The predicted octanol–water partition coefficient (Wildman–Crippen LogP) is -0.906. The van der Waals surface area contributed by atoms with Crippen LogP contribution in [0, 0.1) is 0 Å². The molecule has 1 heterocycles. The maximum Gasteiger partial charge on any atom is 0.236 e. The highest BCUT2D eigenvalue weighted by atomic mass is 16.2. The van der Waals surface area contributed by atoms with Crippen molar-refractivity contribution in [3.05, 3.63) is 0 Å². The standard InChI is InChI=1S/C5H10N2O/c1-6-5(8)4-2-3-7-4/h4,7H,2-3H2,1H3,(H,6,8)/t4-/m0/s1. The molecule has 0 aromatic carbocycles. The Hall–Kier alpha value is -0.570. The number of nitrogens with one attached hydrogen (secondary N) is 2. The largest absolute Gasteiger partial charge is 0.358 e. The first-order valence-corrected chi connectivity index (χ1v) is 2.79. The molecule has 3 nitrogen and oxygen atoms in total. The molecule has 0 bridgehead atoms. The van der Waals surface area contributed by atoms with Gasteiger partial charge in [0.1, 0.15) is 0 Å². The molecule has 0 spiro atoms. The van der Waals surface area contributed by atoms with Crippen molar-refractivity contribution in [2.45, 2.75) is 12.5 Å². The quantitative estimate of drug-likeness (QED) is 0.463. The van der Waals surface area contributed by atoms with Crippen LogP contribution in [0.2, 0.25) is 0 Å². The van der Waals surface area contributed by atoms with Crippen LogP contribution in [0.15, 0.2) is 0 Å². The molecular weight excluding hydrogens is 104 g/mol. The van der Waals surface area contributed by atoms with Crippen LogP contribution >= 0.6 is 0 Å². The van der Waals surface area contributed by atoms with E-state index in [4.69, 9.17) is 0 Å². The molecule has 0 aliphatic carbocycles. The van der Waals surface area contributed by atoms with Crippen molar-refractivity contribution in [2.75, 3.05) is 13.6 Å². The van der Waals surface area contributed by atoms with Gasteiger partial charge < -0.3 is 10.6 Å². The van der Waals surface area contributed by atoms with Crippen LogP contribution in [0.5, 0.6) is 0 Å². The summed E-state index contributed by atoms with van der Waals surface area (Å²) >= 11 is 0. The lowest BCUT2D eigenvalue weighted by atomic mass is 10.1. The fourth-order valence-corrected chi connectivity index (χ4v) is 0.687. The highest BCUT2D eigenvalue weighted by Crippen LogP contribution is 1.99. The van der Waals surface area contributed by atoms with Crippen LogP contribution in [0.3, 0.4) is 0 Å². The Morgan fingerprint density at radius 2 is 2.50 bits per heavy atom. The zero-order chi connectivity index (χ0) is 5.98. The van der Waals surface area contributed by atoms with Crippen LogP contribution in [-0.4, -0.2) is 25.5 Å². The monoisotopic (exact) mass is 114 g/mol. The maximum atomic E-state index is 10.6. The number of rotatable bonds is 1. The number of amides is 1. The molecule has 2 N–H and O–H groups in total. The van der Waals surface area contributed by atoms with Crippen LogP contribution in [0.25, 0.3) is 0 Å². The number of likely N-dealkylation sites (N-methyl/N-ethyl adjacent to an activating group) is 1. The van der Waals surface area contributed by atoms with E-state index in [1.54, 1.807) is 7.05 Å². The van der Waals surface area contributed by atoms with Crippen molar-refractivity contribution in [1.82, 2.24) is 10.6 Å². The summed E-state index contributed by atoms with van der Waals surface area (Å²) < 4.78 is 0. The Balaban J connectivity index is 2.24. The number of hydrogen-bond donors (Lipinski definition) is 2. The van der Waals surface area contributed by atoms with E-state index in [0.717, 1.165) is 13.0 Å². The van der Waals surface area contributed by atoms with Crippen LogP contribution in [0.4, 0.5) is 0 Å². The Morgan fingerprint density at radius 1 is 1.88 bits per heavy atom. The van der Waals surface area contributed by atoms with Gasteiger partial charge in [0.05, 0.1) is 6.04 Å². The van der Waals surface area contributed by atoms with Crippen molar-refractivity contribution in [1.29, 1.82) is 0 Å². The van der Waals surface area contributed by atoms with Gasteiger partial charge in [-0.3, -0.25) is 4.79 Å². The second-order valence-corrected chi connectivity index (χ2v) is 1.91. The summed E-state index contributed by atoms with van der Waals surface area (Å²) in [7, 11) is 1.66. The third kappa shape index (κ3) is 0.816. The van der Waals surface area contributed by atoms with Gasteiger partial charge in [-0.05, 0) is 13.0 Å². The average Bonchev–Trinajstić information content (AvgIpc) is 1.62. The molecule has 0 saturated carbocycles. The minimum Gasteiger partial charge on any atom is -0.358 e. The van der Waals surface area contributed by atoms with Crippen molar-refractivity contribution >= 4 is 5.91 Å². The summed E-state index contributed by atoms with van der Waals surface area (Å²) in [5.41, 5.74) is 0. The summed E-state index contributed by atoms with van der Waals surface area (Å²) in [5, 5.41) is 5.55. The third-order valence-electron chi connectivity index (χ3n) is 1.39. The van der Waals surface area contributed by atoms with Crippen LogP contribution in [0.1, 0.15) is 6.42 Å². The summed E-state index contributed by atoms with van der Waals surface area (Å²) in [4.78, 5) is 10.6. The molecule has 3 heteroatoms. The second kappa shape index (κ2) is 2.13. The summed E-state index contributed by atoms with van der Waals surface area (Å²) in [6.45, 7) is 0.984. The zero-order valence-corrected chi connectivity index (χ0v) is 4.90. The van der Waals surface area contributed by atoms with Crippen molar-refractivity contribution in [2.24, 2.45) is 0 Å². The molecule has 0 aromatic heterocycles. The minimum atomic E-state index is 0.0972. The summed E-state index contributed by atoms with van der Waals surface area (Å²) in [6, 6.07) is 0.0972. The molecule has 0 aromatic rings. The van der Waals surface area contributed by atoms with E-state index in [1.165, 1.54) is 0 Å². The van der Waals surface area contributed by atoms with E-state index >= 15 is 0 Å². The van der Waals surface area contributed by atoms with Gasteiger partial charge in [0, 0.05) is 7.05 Å². The predicted molar refractivity (Wildman–Crippen MR) is 30.5 cm³/mol. The molecule has 1 atom stereocenters. The average molecular weight is 114 g/mol. The van der Waals surface area contributed by atoms with Gasteiger partial charge in [-0.2, -0.15) is 0 Å². The first kappa shape index (κ1) is 5.56. The van der Waals surface area contributed by atoms with Crippen molar-refractivity contribution in [3.8, 4) is 0 Å². The molecule has 1 saturated heterocycles. The van der Waals surface area contributed by atoms with Gasteiger partial charge in [0.2, 0.25) is 5.91 Å². The van der Waals surface area contributed by atoms with Crippen LogP contribution in [-0.2, 0) is 4.79 Å². The van der Waals surface area contributed by atoms with Crippen LogP contribution < -0.4 is 10.6 Å². The van der Waals surface area contributed by atoms with Gasteiger partial charge in [-0.15, -0.1) is 0 Å². The number of carbonyl (C=O) groups excluding carboxylic acids is 1. The van der Waals surface area contributed by atoms with Gasteiger partial charge in [-0.1, -0.05) is 0 Å². The van der Waals surface area contributed by atoms with Crippen molar-refractivity contribution < 1.29 is 4.79 Å². The van der Waals surface area contributed by atoms with Crippen molar-refractivity contribution in [3.63, 3.8) is 0 Å². The molecule has 0 unspecified atom stereocenters. The molecule has 0 radical (unpaired) electrons. The second-order valence-electron chi connectivity index (χ2n) is 1.91. The molecule has 1 aliphatic heterocycles. The molecule has 1 rings (SSSR count). The smallest absolute Gasteiger partial charge is 0.236 e. The van der Waals surface area contributed by atoms with E-state index in [1.807, 2.05) is 0 Å². The fourth-order valence-electron chi connectivity index (χ4n) is 0.687. The zero-order valence-electron chi connectivity index (χ0n) is 4.90. The Bertz CT molecular complexity index is 98.6. The number of hydrogen-bond acceptors (Lipinski definition) is 2. The lowest BCUT2D eigenvalue weighted by Crippen LogP contribution is -2.52. The first-order chi connectivity index (χ1) is 3.84. The first-order valence-electron chi connectivity index (χ1n) is 2.79. The summed E-state index contributed by atoms with van der Waals surface area (Å²) in [6.07, 6.45) is 0.986. The topological polar surface area (TPSA) is 41.1 Å².